The third kappa shape index (κ3) is 4.19. The van der Waals surface area contributed by atoms with Crippen LogP contribution in [0.15, 0.2) is 36.7 Å². The van der Waals surface area contributed by atoms with E-state index in [1.54, 1.807) is 6.20 Å². The van der Waals surface area contributed by atoms with Gasteiger partial charge in [-0.05, 0) is 43.4 Å². The number of anilines is 1. The van der Waals surface area contributed by atoms with Gasteiger partial charge in [0.05, 0.1) is 6.10 Å². The molecule has 5 heteroatoms. The summed E-state index contributed by atoms with van der Waals surface area (Å²) in [5.74, 6) is 1.44. The number of hydrogen-bond donors (Lipinski definition) is 1. The molecule has 2 aromatic rings. The zero-order valence-electron chi connectivity index (χ0n) is 13.0. The lowest BCUT2D eigenvalue weighted by molar-refractivity contribution is 0.155. The highest BCUT2D eigenvalue weighted by molar-refractivity contribution is 5.47. The first-order valence-electron chi connectivity index (χ1n) is 8.06. The highest BCUT2D eigenvalue weighted by Gasteiger charge is 2.14. The van der Waals surface area contributed by atoms with Crippen LogP contribution in [0.2, 0.25) is 0 Å². The van der Waals surface area contributed by atoms with Gasteiger partial charge >= 0.3 is 0 Å². The van der Waals surface area contributed by atoms with Crippen molar-refractivity contribution in [3.63, 3.8) is 0 Å². The van der Waals surface area contributed by atoms with Gasteiger partial charge in [-0.25, -0.2) is 9.97 Å². The highest BCUT2D eigenvalue weighted by atomic mass is 16.5. The number of benzene rings is 1. The van der Waals surface area contributed by atoms with E-state index in [1.165, 1.54) is 25.5 Å². The Morgan fingerprint density at radius 1 is 1.09 bits per heavy atom. The van der Waals surface area contributed by atoms with Gasteiger partial charge in [-0.15, -0.1) is 0 Å². The summed E-state index contributed by atoms with van der Waals surface area (Å²) >= 11 is 0. The van der Waals surface area contributed by atoms with Crippen LogP contribution in [0, 0.1) is 11.3 Å². The van der Waals surface area contributed by atoms with Crippen molar-refractivity contribution in [2.24, 2.45) is 0 Å². The number of aromatic nitrogens is 2. The average Bonchev–Trinajstić information content (AvgIpc) is 2.62. The summed E-state index contributed by atoms with van der Waals surface area (Å²) in [7, 11) is 0. The molecule has 1 saturated carbocycles. The molecule has 1 aromatic carbocycles. The first-order chi connectivity index (χ1) is 11.3. The molecule has 1 fully saturated rings. The van der Waals surface area contributed by atoms with Crippen molar-refractivity contribution in [1.82, 2.24) is 9.97 Å². The lowest BCUT2D eigenvalue weighted by Crippen LogP contribution is -2.19. The summed E-state index contributed by atoms with van der Waals surface area (Å²) in [4.78, 5) is 8.12. The molecule has 0 aliphatic heterocycles. The monoisotopic (exact) mass is 308 g/mol. The maximum absolute atomic E-state index is 9.00. The van der Waals surface area contributed by atoms with Gasteiger partial charge in [0.2, 0.25) is 0 Å². The topological polar surface area (TPSA) is 70.8 Å². The minimum absolute atomic E-state index is 0.310. The van der Waals surface area contributed by atoms with Crippen molar-refractivity contribution in [2.45, 2.75) is 44.8 Å². The Morgan fingerprint density at radius 2 is 1.83 bits per heavy atom. The summed E-state index contributed by atoms with van der Waals surface area (Å²) in [5, 5.41) is 12.1. The van der Waals surface area contributed by atoms with Gasteiger partial charge in [0.1, 0.15) is 11.8 Å². The van der Waals surface area contributed by atoms with E-state index in [1.807, 2.05) is 30.3 Å². The predicted molar refractivity (Wildman–Crippen MR) is 88.0 cm³/mol. The third-order valence-electron chi connectivity index (χ3n) is 4.04. The van der Waals surface area contributed by atoms with E-state index in [2.05, 4.69) is 15.3 Å². The summed E-state index contributed by atoms with van der Waals surface area (Å²) in [6.07, 6.45) is 9.64. The molecule has 1 N–H and O–H groups in total. The molecule has 0 saturated heterocycles. The fourth-order valence-corrected chi connectivity index (χ4v) is 2.80. The van der Waals surface area contributed by atoms with E-state index in [-0.39, 0.29) is 0 Å². The van der Waals surface area contributed by atoms with Crippen LogP contribution >= 0.6 is 0 Å². The Balaban J connectivity index is 1.56. The molecule has 5 nitrogen and oxygen atoms in total. The molecule has 23 heavy (non-hydrogen) atoms. The highest BCUT2D eigenvalue weighted by Crippen LogP contribution is 2.23. The van der Waals surface area contributed by atoms with Crippen molar-refractivity contribution in [1.29, 1.82) is 5.26 Å². The largest absolute Gasteiger partial charge is 0.490 e. The van der Waals surface area contributed by atoms with Crippen LogP contribution in [0.25, 0.3) is 0 Å². The molecule has 0 unspecified atom stereocenters. The Labute approximate surface area is 136 Å². The number of rotatable bonds is 5. The first-order valence-corrected chi connectivity index (χ1v) is 8.06. The normalized spacial score (nSPS) is 14.9. The van der Waals surface area contributed by atoms with Crippen LogP contribution in [0.3, 0.4) is 0 Å². The number of ether oxygens (including phenoxy) is 1. The van der Waals surface area contributed by atoms with E-state index in [0.29, 0.717) is 24.2 Å². The lowest BCUT2D eigenvalue weighted by atomic mass is 9.98. The van der Waals surface area contributed by atoms with Crippen LogP contribution < -0.4 is 10.1 Å². The Hall–Kier alpha value is -2.61. The Bertz CT molecular complexity index is 672. The van der Waals surface area contributed by atoms with Crippen LogP contribution in [-0.2, 0) is 6.54 Å². The lowest BCUT2D eigenvalue weighted by Gasteiger charge is -2.23. The van der Waals surface area contributed by atoms with Crippen LogP contribution in [-0.4, -0.2) is 16.1 Å². The van der Waals surface area contributed by atoms with E-state index >= 15 is 0 Å². The van der Waals surface area contributed by atoms with Gasteiger partial charge in [0.15, 0.2) is 11.5 Å². The second-order valence-corrected chi connectivity index (χ2v) is 5.74. The number of hydrogen-bond acceptors (Lipinski definition) is 5. The van der Waals surface area contributed by atoms with Crippen molar-refractivity contribution in [2.75, 3.05) is 5.32 Å². The molecule has 1 heterocycles. The molecule has 0 spiro atoms. The summed E-state index contributed by atoms with van der Waals surface area (Å²) in [6, 6.07) is 10.1. The average molecular weight is 308 g/mol. The maximum atomic E-state index is 9.00. The zero-order chi connectivity index (χ0) is 15.9. The van der Waals surface area contributed by atoms with Crippen LogP contribution in [0.1, 0.15) is 43.4 Å². The maximum Gasteiger partial charge on any atom is 0.182 e. The third-order valence-corrected chi connectivity index (χ3v) is 4.04. The SMILES string of the molecule is N#Cc1nccnc1NCc1ccc(OC2CCCCC2)cc1. The molecule has 0 radical (unpaired) electrons. The second kappa shape index (κ2) is 7.59. The standard InChI is InChI=1S/C18H20N4O/c19-12-17-18(21-11-10-20-17)22-13-14-6-8-16(9-7-14)23-15-4-2-1-3-5-15/h6-11,15H,1-5,13H2,(H,21,22). The van der Waals surface area contributed by atoms with Gasteiger partial charge in [-0.3, -0.25) is 0 Å². The molecule has 0 amide bonds. The van der Waals surface area contributed by atoms with Gasteiger partial charge in [0, 0.05) is 18.9 Å². The van der Waals surface area contributed by atoms with Crippen LogP contribution in [0.4, 0.5) is 5.82 Å². The Kier molecular flexibility index (Phi) is 5.05. The Morgan fingerprint density at radius 3 is 2.57 bits per heavy atom. The van der Waals surface area contributed by atoms with Crippen molar-refractivity contribution < 1.29 is 4.74 Å². The summed E-state index contributed by atoms with van der Waals surface area (Å²) in [6.45, 7) is 0.594. The molecule has 0 atom stereocenters. The van der Waals surface area contributed by atoms with Gasteiger partial charge in [-0.1, -0.05) is 18.6 Å². The molecule has 0 bridgehead atoms. The number of nitrogens with zero attached hydrogens (tertiary/aromatic N) is 3. The fourth-order valence-electron chi connectivity index (χ4n) is 2.80. The molecule has 1 aromatic heterocycles. The quantitative estimate of drug-likeness (QED) is 0.912. The first kappa shape index (κ1) is 15.3. The molecule has 118 valence electrons. The zero-order valence-corrected chi connectivity index (χ0v) is 13.0. The van der Waals surface area contributed by atoms with Gasteiger partial charge in [0.25, 0.3) is 0 Å². The number of nitrogens with one attached hydrogen (secondary N) is 1. The second-order valence-electron chi connectivity index (χ2n) is 5.74. The fraction of sp³-hybridized carbons (Fsp3) is 0.389. The van der Waals surface area contributed by atoms with Crippen molar-refractivity contribution >= 4 is 5.82 Å². The smallest absolute Gasteiger partial charge is 0.182 e. The summed E-state index contributed by atoms with van der Waals surface area (Å²) in [5.41, 5.74) is 1.42. The minimum atomic E-state index is 0.310. The molecule has 3 rings (SSSR count). The summed E-state index contributed by atoms with van der Waals surface area (Å²) < 4.78 is 6.02. The van der Waals surface area contributed by atoms with Gasteiger partial charge in [-0.2, -0.15) is 5.26 Å². The molecular formula is C18H20N4O. The van der Waals surface area contributed by atoms with E-state index in [9.17, 15) is 0 Å². The van der Waals surface area contributed by atoms with Gasteiger partial charge < -0.3 is 10.1 Å². The van der Waals surface area contributed by atoms with E-state index in [0.717, 1.165) is 24.2 Å². The van der Waals surface area contributed by atoms with Crippen molar-refractivity contribution in [3.8, 4) is 11.8 Å². The predicted octanol–water partition coefficient (Wildman–Crippen LogP) is 3.67. The minimum Gasteiger partial charge on any atom is -0.490 e. The van der Waals surface area contributed by atoms with E-state index in [4.69, 9.17) is 10.00 Å². The number of nitriles is 1. The van der Waals surface area contributed by atoms with Crippen LogP contribution in [0.5, 0.6) is 5.75 Å². The van der Waals surface area contributed by atoms with E-state index < -0.39 is 0 Å². The molecular weight excluding hydrogens is 288 g/mol. The molecule has 1 aliphatic rings. The van der Waals surface area contributed by atoms with Crippen molar-refractivity contribution in [3.05, 3.63) is 47.9 Å². The molecule has 1 aliphatic carbocycles.